The fourth-order valence-corrected chi connectivity index (χ4v) is 1.47. The summed E-state index contributed by atoms with van der Waals surface area (Å²) >= 11 is 0. The second-order valence-electron chi connectivity index (χ2n) is 4.48. The van der Waals surface area contributed by atoms with E-state index in [0.29, 0.717) is 17.9 Å². The van der Waals surface area contributed by atoms with Crippen LogP contribution < -0.4 is 10.2 Å². The molecule has 0 aromatic carbocycles. The number of aromatic nitrogens is 2. The van der Waals surface area contributed by atoms with E-state index < -0.39 is 0 Å². The van der Waals surface area contributed by atoms with Crippen LogP contribution in [0, 0.1) is 0 Å². The van der Waals surface area contributed by atoms with Crippen LogP contribution in [0.25, 0.3) is 0 Å². The highest BCUT2D eigenvalue weighted by molar-refractivity contribution is 5.25. The summed E-state index contributed by atoms with van der Waals surface area (Å²) in [7, 11) is 1.96. The van der Waals surface area contributed by atoms with Gasteiger partial charge in [-0.15, -0.1) is 0 Å². The first kappa shape index (κ1) is 14.0. The molecule has 0 saturated carbocycles. The van der Waals surface area contributed by atoms with Crippen LogP contribution in [-0.2, 0) is 0 Å². The number of hydrogen-bond acceptors (Lipinski definition) is 5. The zero-order valence-corrected chi connectivity index (χ0v) is 11.5. The van der Waals surface area contributed by atoms with Gasteiger partial charge in [-0.2, -0.15) is 4.98 Å². The second-order valence-corrected chi connectivity index (χ2v) is 4.48. The largest absolute Gasteiger partial charge is 0.342 e. The Hall–Kier alpha value is -1.10. The van der Waals surface area contributed by atoms with Crippen LogP contribution in [0.2, 0.25) is 0 Å². The number of hydrogen-bond donors (Lipinski definition) is 1. The zero-order chi connectivity index (χ0) is 12.8. The van der Waals surface area contributed by atoms with Crippen molar-refractivity contribution in [1.29, 1.82) is 0 Å². The Balaban J connectivity index is 2.62. The molecule has 0 fully saturated rings. The fraction of sp³-hybridized carbons (Fsp3) is 0.833. The Morgan fingerprint density at radius 1 is 1.35 bits per heavy atom. The van der Waals surface area contributed by atoms with Crippen molar-refractivity contribution in [2.75, 3.05) is 25.0 Å². The third kappa shape index (κ3) is 3.70. The van der Waals surface area contributed by atoms with Crippen molar-refractivity contribution in [3.63, 3.8) is 0 Å². The minimum atomic E-state index is 0.230. The van der Waals surface area contributed by atoms with Gasteiger partial charge < -0.3 is 14.7 Å². The molecule has 0 aliphatic carbocycles. The van der Waals surface area contributed by atoms with Gasteiger partial charge in [0.1, 0.15) is 0 Å². The van der Waals surface area contributed by atoms with Crippen molar-refractivity contribution >= 4 is 5.95 Å². The molecule has 0 saturated heterocycles. The third-order valence-electron chi connectivity index (χ3n) is 3.10. The molecular formula is C12H24N4O. The molecule has 5 heteroatoms. The fourth-order valence-electron chi connectivity index (χ4n) is 1.47. The van der Waals surface area contributed by atoms with Crippen molar-refractivity contribution in [2.24, 2.45) is 0 Å². The Kier molecular flexibility index (Phi) is 5.41. The van der Waals surface area contributed by atoms with E-state index >= 15 is 0 Å². The second kappa shape index (κ2) is 6.59. The summed E-state index contributed by atoms with van der Waals surface area (Å²) in [5.74, 6) is 1.60. The van der Waals surface area contributed by atoms with E-state index in [1.807, 2.05) is 11.9 Å². The predicted molar refractivity (Wildman–Crippen MR) is 69.4 cm³/mol. The van der Waals surface area contributed by atoms with Crippen LogP contribution in [0.15, 0.2) is 4.52 Å². The minimum Gasteiger partial charge on any atom is -0.342 e. The third-order valence-corrected chi connectivity index (χ3v) is 3.10. The van der Waals surface area contributed by atoms with E-state index in [-0.39, 0.29) is 5.92 Å². The average molecular weight is 240 g/mol. The van der Waals surface area contributed by atoms with E-state index in [0.717, 1.165) is 19.5 Å². The molecule has 1 aromatic heterocycles. The SMILES string of the molecule is CCCNC(C)C(C)c1nc(N(C)CC)no1. The molecule has 1 N–H and O–H groups in total. The Bertz CT molecular complexity index is 326. The summed E-state index contributed by atoms with van der Waals surface area (Å²) < 4.78 is 5.31. The summed E-state index contributed by atoms with van der Waals surface area (Å²) in [6.45, 7) is 10.4. The molecule has 0 aliphatic heterocycles. The van der Waals surface area contributed by atoms with E-state index in [1.165, 1.54) is 0 Å². The van der Waals surface area contributed by atoms with Gasteiger partial charge in [-0.1, -0.05) is 13.8 Å². The Morgan fingerprint density at radius 2 is 2.06 bits per heavy atom. The highest BCUT2D eigenvalue weighted by Crippen LogP contribution is 2.19. The van der Waals surface area contributed by atoms with Crippen molar-refractivity contribution in [1.82, 2.24) is 15.5 Å². The van der Waals surface area contributed by atoms with Crippen LogP contribution in [0.5, 0.6) is 0 Å². The molecule has 0 amide bonds. The summed E-state index contributed by atoms with van der Waals surface area (Å²) in [6.07, 6.45) is 1.13. The molecule has 1 heterocycles. The van der Waals surface area contributed by atoms with Crippen molar-refractivity contribution < 1.29 is 4.52 Å². The van der Waals surface area contributed by atoms with Gasteiger partial charge in [-0.25, -0.2) is 0 Å². The average Bonchev–Trinajstić information content (AvgIpc) is 2.83. The van der Waals surface area contributed by atoms with Crippen LogP contribution in [0.3, 0.4) is 0 Å². The molecule has 2 unspecified atom stereocenters. The predicted octanol–water partition coefficient (Wildman–Crippen LogP) is 2.02. The minimum absolute atomic E-state index is 0.230. The van der Waals surface area contributed by atoms with Crippen LogP contribution >= 0.6 is 0 Å². The van der Waals surface area contributed by atoms with Gasteiger partial charge in [-0.05, 0) is 32.0 Å². The summed E-state index contributed by atoms with van der Waals surface area (Å²) in [5.41, 5.74) is 0. The zero-order valence-electron chi connectivity index (χ0n) is 11.5. The van der Waals surface area contributed by atoms with Gasteiger partial charge in [0.15, 0.2) is 0 Å². The molecule has 0 radical (unpaired) electrons. The maximum atomic E-state index is 5.31. The maximum Gasteiger partial charge on any atom is 0.265 e. The van der Waals surface area contributed by atoms with E-state index in [4.69, 9.17) is 4.52 Å². The lowest BCUT2D eigenvalue weighted by molar-refractivity contribution is 0.330. The topological polar surface area (TPSA) is 54.2 Å². The molecule has 2 atom stereocenters. The Labute approximate surface area is 104 Å². The lowest BCUT2D eigenvalue weighted by atomic mass is 10.0. The van der Waals surface area contributed by atoms with Gasteiger partial charge in [0.05, 0.1) is 5.92 Å². The quantitative estimate of drug-likeness (QED) is 0.790. The lowest BCUT2D eigenvalue weighted by Gasteiger charge is -2.17. The molecule has 1 aromatic rings. The monoisotopic (exact) mass is 240 g/mol. The molecule has 98 valence electrons. The van der Waals surface area contributed by atoms with Gasteiger partial charge in [0.25, 0.3) is 5.95 Å². The molecular weight excluding hydrogens is 216 g/mol. The highest BCUT2D eigenvalue weighted by atomic mass is 16.5. The highest BCUT2D eigenvalue weighted by Gasteiger charge is 2.20. The summed E-state index contributed by atoms with van der Waals surface area (Å²) in [5, 5.41) is 7.42. The van der Waals surface area contributed by atoms with Crippen LogP contribution in [-0.4, -0.2) is 36.3 Å². The molecule has 0 aliphatic rings. The van der Waals surface area contributed by atoms with Crippen LogP contribution in [0.4, 0.5) is 5.95 Å². The first-order valence-corrected chi connectivity index (χ1v) is 6.38. The van der Waals surface area contributed by atoms with Crippen molar-refractivity contribution in [3.05, 3.63) is 5.89 Å². The lowest BCUT2D eigenvalue weighted by Crippen LogP contribution is -2.31. The summed E-state index contributed by atoms with van der Waals surface area (Å²) in [6, 6.07) is 0.343. The maximum absolute atomic E-state index is 5.31. The molecule has 0 spiro atoms. The van der Waals surface area contributed by atoms with Gasteiger partial charge in [0.2, 0.25) is 5.89 Å². The van der Waals surface area contributed by atoms with Gasteiger partial charge >= 0.3 is 0 Å². The van der Waals surface area contributed by atoms with Crippen molar-refractivity contribution in [3.8, 4) is 0 Å². The van der Waals surface area contributed by atoms with E-state index in [2.05, 4.69) is 43.2 Å². The number of anilines is 1. The molecule has 1 rings (SSSR count). The molecule has 17 heavy (non-hydrogen) atoms. The molecule has 0 bridgehead atoms. The Morgan fingerprint density at radius 3 is 2.65 bits per heavy atom. The van der Waals surface area contributed by atoms with Gasteiger partial charge in [0, 0.05) is 19.6 Å². The molecule has 5 nitrogen and oxygen atoms in total. The number of rotatable bonds is 7. The number of nitrogens with one attached hydrogen (secondary N) is 1. The first-order chi connectivity index (χ1) is 8.10. The van der Waals surface area contributed by atoms with E-state index in [9.17, 15) is 0 Å². The van der Waals surface area contributed by atoms with Crippen molar-refractivity contribution in [2.45, 2.75) is 46.1 Å². The smallest absolute Gasteiger partial charge is 0.265 e. The van der Waals surface area contributed by atoms with E-state index in [1.54, 1.807) is 0 Å². The van der Waals surface area contributed by atoms with Crippen LogP contribution in [0.1, 0.15) is 45.9 Å². The standard InChI is InChI=1S/C12H24N4O/c1-6-8-13-10(4)9(3)11-14-12(15-17-11)16(5)7-2/h9-10,13H,6-8H2,1-5H3. The first-order valence-electron chi connectivity index (χ1n) is 6.38. The summed E-state index contributed by atoms with van der Waals surface area (Å²) in [4.78, 5) is 6.38. The van der Waals surface area contributed by atoms with Gasteiger partial charge in [-0.3, -0.25) is 0 Å². The number of nitrogens with zero attached hydrogens (tertiary/aromatic N) is 3. The normalized spacial score (nSPS) is 14.6.